The van der Waals surface area contributed by atoms with Gasteiger partial charge in [-0.25, -0.2) is 0 Å². The molecule has 3 heteroatoms. The van der Waals surface area contributed by atoms with E-state index >= 15 is 0 Å². The topological polar surface area (TPSA) is 20.3 Å². The van der Waals surface area contributed by atoms with Crippen LogP contribution in [-0.4, -0.2) is 18.9 Å². The molecule has 0 bridgehead atoms. The Morgan fingerprint density at radius 2 is 1.93 bits per heavy atom. The minimum Gasteiger partial charge on any atom is -0.370 e. The molecule has 15 heavy (non-hydrogen) atoms. The van der Waals surface area contributed by atoms with Gasteiger partial charge < -0.3 is 4.90 Å². The number of halogens is 1. The van der Waals surface area contributed by atoms with E-state index in [1.165, 1.54) is 11.3 Å². The van der Waals surface area contributed by atoms with Gasteiger partial charge in [-0.3, -0.25) is 4.79 Å². The van der Waals surface area contributed by atoms with Crippen molar-refractivity contribution in [2.45, 2.75) is 19.8 Å². The van der Waals surface area contributed by atoms with Crippen LogP contribution in [0.3, 0.4) is 0 Å². The lowest BCUT2D eigenvalue weighted by Gasteiger charge is -2.29. The van der Waals surface area contributed by atoms with E-state index in [4.69, 9.17) is 0 Å². The lowest BCUT2D eigenvalue weighted by atomic mass is 10.1. The van der Waals surface area contributed by atoms with Gasteiger partial charge in [0.1, 0.15) is 5.78 Å². The van der Waals surface area contributed by atoms with Crippen molar-refractivity contribution in [3.05, 3.63) is 28.2 Å². The Labute approximate surface area is 98.4 Å². The molecule has 1 aliphatic heterocycles. The molecule has 0 spiro atoms. The molecule has 1 aromatic rings. The first-order valence-electron chi connectivity index (χ1n) is 5.19. The fourth-order valence-electron chi connectivity index (χ4n) is 1.86. The van der Waals surface area contributed by atoms with Crippen molar-refractivity contribution in [2.24, 2.45) is 0 Å². The number of Topliss-reactive ketones (excluding diaryl/α,β-unsaturated/α-hetero) is 1. The van der Waals surface area contributed by atoms with E-state index in [9.17, 15) is 4.79 Å². The van der Waals surface area contributed by atoms with Gasteiger partial charge in [-0.05, 0) is 40.5 Å². The van der Waals surface area contributed by atoms with Gasteiger partial charge in [0, 0.05) is 30.4 Å². The van der Waals surface area contributed by atoms with Gasteiger partial charge in [-0.1, -0.05) is 6.07 Å². The van der Waals surface area contributed by atoms with Crippen LogP contribution in [0.15, 0.2) is 22.7 Å². The Bertz CT molecular complexity index is 379. The van der Waals surface area contributed by atoms with Crippen LogP contribution in [0.5, 0.6) is 0 Å². The molecular weight excluding hydrogens is 254 g/mol. The molecule has 1 aromatic carbocycles. The standard InChI is InChI=1S/C12H14BrNO/c1-9-2-3-11(13)12(8-9)14-6-4-10(15)5-7-14/h2-3,8H,4-7H2,1H3. The average molecular weight is 268 g/mol. The molecule has 0 saturated carbocycles. The van der Waals surface area contributed by atoms with Crippen molar-refractivity contribution in [3.63, 3.8) is 0 Å². The van der Waals surface area contributed by atoms with E-state index in [2.05, 4.69) is 46.0 Å². The maximum atomic E-state index is 11.2. The average Bonchev–Trinajstić information content (AvgIpc) is 2.23. The van der Waals surface area contributed by atoms with Gasteiger partial charge in [0.25, 0.3) is 0 Å². The summed E-state index contributed by atoms with van der Waals surface area (Å²) < 4.78 is 1.11. The summed E-state index contributed by atoms with van der Waals surface area (Å²) in [6, 6.07) is 6.32. The number of rotatable bonds is 1. The summed E-state index contributed by atoms with van der Waals surface area (Å²) in [6.07, 6.45) is 1.36. The number of aryl methyl sites for hydroxylation is 1. The highest BCUT2D eigenvalue weighted by atomic mass is 79.9. The number of nitrogens with zero attached hydrogens (tertiary/aromatic N) is 1. The Hall–Kier alpha value is -0.830. The number of carbonyl (C=O) groups excluding carboxylic acids is 1. The first kappa shape index (κ1) is 10.7. The molecule has 0 atom stereocenters. The summed E-state index contributed by atoms with van der Waals surface area (Å²) in [4.78, 5) is 13.4. The molecule has 2 rings (SSSR count). The van der Waals surface area contributed by atoms with Crippen LogP contribution in [0.4, 0.5) is 5.69 Å². The van der Waals surface area contributed by atoms with E-state index < -0.39 is 0 Å². The Morgan fingerprint density at radius 3 is 2.60 bits per heavy atom. The van der Waals surface area contributed by atoms with Crippen LogP contribution in [0.2, 0.25) is 0 Å². The first-order chi connectivity index (χ1) is 7.16. The quantitative estimate of drug-likeness (QED) is 0.780. The highest BCUT2D eigenvalue weighted by Gasteiger charge is 2.17. The molecule has 0 amide bonds. The van der Waals surface area contributed by atoms with Gasteiger partial charge in [-0.15, -0.1) is 0 Å². The molecule has 1 aliphatic rings. The van der Waals surface area contributed by atoms with Gasteiger partial charge in [0.15, 0.2) is 0 Å². The van der Waals surface area contributed by atoms with Gasteiger partial charge in [0.2, 0.25) is 0 Å². The second-order valence-corrected chi connectivity index (χ2v) is 4.83. The zero-order chi connectivity index (χ0) is 10.8. The Morgan fingerprint density at radius 1 is 1.27 bits per heavy atom. The molecular formula is C12H14BrNO. The monoisotopic (exact) mass is 267 g/mol. The van der Waals surface area contributed by atoms with Crippen molar-refractivity contribution in [1.29, 1.82) is 0 Å². The summed E-state index contributed by atoms with van der Waals surface area (Å²) in [5.74, 6) is 0.384. The van der Waals surface area contributed by atoms with Crippen molar-refractivity contribution in [3.8, 4) is 0 Å². The van der Waals surface area contributed by atoms with Gasteiger partial charge in [0.05, 0.1) is 5.69 Å². The van der Waals surface area contributed by atoms with Gasteiger partial charge in [-0.2, -0.15) is 0 Å². The molecule has 2 nitrogen and oxygen atoms in total. The third kappa shape index (κ3) is 2.40. The third-order valence-electron chi connectivity index (χ3n) is 2.76. The predicted octanol–water partition coefficient (Wildman–Crippen LogP) is 2.93. The largest absolute Gasteiger partial charge is 0.370 e. The van der Waals surface area contributed by atoms with E-state index in [1.807, 2.05) is 0 Å². The third-order valence-corrected chi connectivity index (χ3v) is 3.43. The summed E-state index contributed by atoms with van der Waals surface area (Å²) in [7, 11) is 0. The number of carbonyl (C=O) groups is 1. The predicted molar refractivity (Wildman–Crippen MR) is 65.3 cm³/mol. The van der Waals surface area contributed by atoms with Crippen LogP contribution >= 0.6 is 15.9 Å². The van der Waals surface area contributed by atoms with Crippen LogP contribution in [-0.2, 0) is 4.79 Å². The van der Waals surface area contributed by atoms with E-state index in [1.54, 1.807) is 0 Å². The second kappa shape index (κ2) is 4.35. The number of ketones is 1. The minimum absolute atomic E-state index is 0.384. The molecule has 1 saturated heterocycles. The smallest absolute Gasteiger partial charge is 0.136 e. The minimum atomic E-state index is 0.384. The number of anilines is 1. The fourth-order valence-corrected chi connectivity index (χ4v) is 2.36. The SMILES string of the molecule is Cc1ccc(Br)c(N2CCC(=O)CC2)c1. The first-order valence-corrected chi connectivity index (χ1v) is 5.99. The maximum Gasteiger partial charge on any atom is 0.136 e. The number of benzene rings is 1. The lowest BCUT2D eigenvalue weighted by Crippen LogP contribution is -2.33. The van der Waals surface area contributed by atoms with Crippen LogP contribution in [0.25, 0.3) is 0 Å². The summed E-state index contributed by atoms with van der Waals surface area (Å²) >= 11 is 3.55. The summed E-state index contributed by atoms with van der Waals surface area (Å²) in [5.41, 5.74) is 2.47. The molecule has 0 unspecified atom stereocenters. The number of piperidine rings is 1. The molecule has 1 fully saturated rings. The van der Waals surface area contributed by atoms with E-state index in [0.29, 0.717) is 18.6 Å². The highest BCUT2D eigenvalue weighted by Crippen LogP contribution is 2.28. The molecule has 0 aromatic heterocycles. The zero-order valence-electron chi connectivity index (χ0n) is 8.79. The Kier molecular flexibility index (Phi) is 3.10. The molecule has 0 aliphatic carbocycles. The van der Waals surface area contributed by atoms with Crippen LogP contribution in [0.1, 0.15) is 18.4 Å². The Balaban J connectivity index is 2.21. The number of hydrogen-bond donors (Lipinski definition) is 0. The van der Waals surface area contributed by atoms with E-state index in [-0.39, 0.29) is 0 Å². The number of hydrogen-bond acceptors (Lipinski definition) is 2. The van der Waals surface area contributed by atoms with Crippen LogP contribution < -0.4 is 4.90 Å². The van der Waals surface area contributed by atoms with Crippen molar-refractivity contribution >= 4 is 27.4 Å². The molecule has 0 radical (unpaired) electrons. The molecule has 0 N–H and O–H groups in total. The van der Waals surface area contributed by atoms with E-state index in [0.717, 1.165) is 17.6 Å². The lowest BCUT2D eigenvalue weighted by molar-refractivity contribution is -0.119. The second-order valence-electron chi connectivity index (χ2n) is 3.98. The summed E-state index contributed by atoms with van der Waals surface area (Å²) in [6.45, 7) is 3.78. The van der Waals surface area contributed by atoms with Crippen molar-refractivity contribution in [1.82, 2.24) is 0 Å². The highest BCUT2D eigenvalue weighted by molar-refractivity contribution is 9.10. The van der Waals surface area contributed by atoms with Crippen molar-refractivity contribution < 1.29 is 4.79 Å². The van der Waals surface area contributed by atoms with Gasteiger partial charge >= 0.3 is 0 Å². The zero-order valence-corrected chi connectivity index (χ0v) is 10.4. The normalized spacial score (nSPS) is 16.9. The molecule has 80 valence electrons. The summed E-state index contributed by atoms with van der Waals surface area (Å²) in [5, 5.41) is 0. The molecule has 1 heterocycles. The maximum absolute atomic E-state index is 11.2. The fraction of sp³-hybridized carbons (Fsp3) is 0.417. The van der Waals surface area contributed by atoms with Crippen molar-refractivity contribution in [2.75, 3.05) is 18.0 Å². The van der Waals surface area contributed by atoms with Crippen LogP contribution in [0, 0.1) is 6.92 Å².